The number of likely N-dealkylation sites (N-methyl/N-ethyl adjacent to an activating group) is 1. The summed E-state index contributed by atoms with van der Waals surface area (Å²) in [5.41, 5.74) is 0. The molecule has 1 aromatic heterocycles. The predicted octanol–water partition coefficient (Wildman–Crippen LogP) is 1.22. The smallest absolute Gasteiger partial charge is 0.202 e. The number of hydrogen-bond acceptors (Lipinski definition) is 5. The average Bonchev–Trinajstić information content (AvgIpc) is 2.58. The third-order valence-corrected chi connectivity index (χ3v) is 3.20. The first kappa shape index (κ1) is 9.86. The quantitative estimate of drug-likeness (QED) is 0.814. The third kappa shape index (κ3) is 2.04. The molecule has 0 aromatic carbocycles. The lowest BCUT2D eigenvalue weighted by Crippen LogP contribution is -2.54. The first-order valence-electron chi connectivity index (χ1n) is 5.13. The van der Waals surface area contributed by atoms with Gasteiger partial charge in [-0.15, -0.1) is 0 Å². The van der Waals surface area contributed by atoms with E-state index in [0.717, 1.165) is 37.0 Å². The standard InChI is InChI=1S/C9H16N4S/c1-3-8-11-9(14-12-8)10-7-5-13(4-2)6-7/h7H,3-6H2,1-2H3,(H,10,11,12). The second-order valence-electron chi connectivity index (χ2n) is 3.56. The van der Waals surface area contributed by atoms with E-state index in [1.54, 1.807) is 0 Å². The zero-order chi connectivity index (χ0) is 9.97. The lowest BCUT2D eigenvalue weighted by Gasteiger charge is -2.38. The summed E-state index contributed by atoms with van der Waals surface area (Å²) in [5.74, 6) is 0.948. The zero-order valence-electron chi connectivity index (χ0n) is 8.66. The van der Waals surface area contributed by atoms with E-state index in [4.69, 9.17) is 0 Å². The Balaban J connectivity index is 1.81. The molecule has 1 fully saturated rings. The number of anilines is 1. The van der Waals surface area contributed by atoms with Crippen LogP contribution in [0.3, 0.4) is 0 Å². The average molecular weight is 212 g/mol. The molecular weight excluding hydrogens is 196 g/mol. The van der Waals surface area contributed by atoms with Gasteiger partial charge in [-0.05, 0) is 6.54 Å². The number of nitrogens with zero attached hydrogens (tertiary/aromatic N) is 3. The molecule has 0 aliphatic carbocycles. The van der Waals surface area contributed by atoms with Crippen LogP contribution >= 0.6 is 11.5 Å². The summed E-state index contributed by atoms with van der Waals surface area (Å²) in [5, 5.41) is 4.38. The molecule has 2 heterocycles. The Kier molecular flexibility index (Phi) is 2.98. The van der Waals surface area contributed by atoms with Crippen LogP contribution < -0.4 is 5.32 Å². The molecule has 4 nitrogen and oxygen atoms in total. The van der Waals surface area contributed by atoms with Crippen LogP contribution in [0.4, 0.5) is 5.13 Å². The van der Waals surface area contributed by atoms with Crippen LogP contribution in [0, 0.1) is 0 Å². The molecule has 5 heteroatoms. The Morgan fingerprint density at radius 2 is 2.29 bits per heavy atom. The minimum absolute atomic E-state index is 0.576. The lowest BCUT2D eigenvalue weighted by atomic mass is 10.1. The monoisotopic (exact) mass is 212 g/mol. The lowest BCUT2D eigenvalue weighted by molar-refractivity contribution is 0.171. The Labute approximate surface area is 88.5 Å². The highest BCUT2D eigenvalue weighted by Gasteiger charge is 2.25. The molecule has 1 saturated heterocycles. The van der Waals surface area contributed by atoms with E-state index in [2.05, 4.69) is 33.4 Å². The molecule has 1 aromatic rings. The van der Waals surface area contributed by atoms with Crippen molar-refractivity contribution in [1.29, 1.82) is 0 Å². The highest BCUT2D eigenvalue weighted by atomic mass is 32.1. The van der Waals surface area contributed by atoms with Crippen LogP contribution in [0.5, 0.6) is 0 Å². The van der Waals surface area contributed by atoms with Gasteiger partial charge in [0.15, 0.2) is 0 Å². The van der Waals surface area contributed by atoms with Gasteiger partial charge in [-0.25, -0.2) is 4.98 Å². The van der Waals surface area contributed by atoms with Gasteiger partial charge in [0.25, 0.3) is 0 Å². The van der Waals surface area contributed by atoms with Crippen molar-refractivity contribution in [3.05, 3.63) is 5.82 Å². The van der Waals surface area contributed by atoms with E-state index < -0.39 is 0 Å². The van der Waals surface area contributed by atoms with E-state index in [1.165, 1.54) is 11.5 Å². The minimum Gasteiger partial charge on any atom is -0.355 e. The van der Waals surface area contributed by atoms with Crippen molar-refractivity contribution in [3.63, 3.8) is 0 Å². The van der Waals surface area contributed by atoms with Crippen LogP contribution in [-0.4, -0.2) is 39.9 Å². The fraction of sp³-hybridized carbons (Fsp3) is 0.778. The van der Waals surface area contributed by atoms with Gasteiger partial charge < -0.3 is 5.32 Å². The molecule has 0 atom stereocenters. The minimum atomic E-state index is 0.576. The van der Waals surface area contributed by atoms with Gasteiger partial charge >= 0.3 is 0 Å². The van der Waals surface area contributed by atoms with Gasteiger partial charge in [0.05, 0.1) is 6.04 Å². The van der Waals surface area contributed by atoms with Crippen LogP contribution in [0.15, 0.2) is 0 Å². The van der Waals surface area contributed by atoms with E-state index in [-0.39, 0.29) is 0 Å². The first-order chi connectivity index (χ1) is 6.81. The third-order valence-electron chi connectivity index (χ3n) is 2.52. The van der Waals surface area contributed by atoms with Crippen molar-refractivity contribution in [2.75, 3.05) is 25.0 Å². The SMILES string of the molecule is CCc1nsc(NC2CN(CC)C2)n1. The molecule has 1 N–H and O–H groups in total. The highest BCUT2D eigenvalue weighted by Crippen LogP contribution is 2.16. The molecule has 0 unspecified atom stereocenters. The summed E-state index contributed by atoms with van der Waals surface area (Å²) in [7, 11) is 0. The van der Waals surface area contributed by atoms with Crippen molar-refractivity contribution < 1.29 is 0 Å². The maximum Gasteiger partial charge on any atom is 0.202 e. The van der Waals surface area contributed by atoms with Crippen molar-refractivity contribution in [3.8, 4) is 0 Å². The molecule has 78 valence electrons. The van der Waals surface area contributed by atoms with Crippen molar-refractivity contribution in [1.82, 2.24) is 14.3 Å². The van der Waals surface area contributed by atoms with E-state index >= 15 is 0 Å². The maximum atomic E-state index is 4.38. The molecular formula is C9H16N4S. The fourth-order valence-electron chi connectivity index (χ4n) is 1.55. The molecule has 0 radical (unpaired) electrons. The van der Waals surface area contributed by atoms with Gasteiger partial charge in [0.2, 0.25) is 5.13 Å². The predicted molar refractivity (Wildman–Crippen MR) is 58.8 cm³/mol. The molecule has 0 spiro atoms. The number of aromatic nitrogens is 2. The molecule has 2 rings (SSSR count). The van der Waals surface area contributed by atoms with E-state index in [0.29, 0.717) is 6.04 Å². The van der Waals surface area contributed by atoms with Crippen molar-refractivity contribution >= 4 is 16.7 Å². The molecule has 1 aliphatic heterocycles. The summed E-state index contributed by atoms with van der Waals surface area (Å²) in [6.07, 6.45) is 0.921. The highest BCUT2D eigenvalue weighted by molar-refractivity contribution is 7.09. The first-order valence-corrected chi connectivity index (χ1v) is 5.90. The van der Waals surface area contributed by atoms with Gasteiger partial charge in [-0.2, -0.15) is 4.37 Å². The van der Waals surface area contributed by atoms with Crippen LogP contribution in [0.2, 0.25) is 0 Å². The van der Waals surface area contributed by atoms with Crippen molar-refractivity contribution in [2.24, 2.45) is 0 Å². The molecule has 1 aliphatic rings. The Bertz CT molecular complexity index is 293. The summed E-state index contributed by atoms with van der Waals surface area (Å²) in [6, 6.07) is 0.576. The molecule has 0 saturated carbocycles. The van der Waals surface area contributed by atoms with Gasteiger partial charge in [-0.3, -0.25) is 4.90 Å². The molecule has 14 heavy (non-hydrogen) atoms. The Morgan fingerprint density at radius 1 is 1.50 bits per heavy atom. The van der Waals surface area contributed by atoms with Crippen LogP contribution in [0.25, 0.3) is 0 Å². The number of nitrogens with one attached hydrogen (secondary N) is 1. The number of likely N-dealkylation sites (tertiary alicyclic amines) is 1. The van der Waals surface area contributed by atoms with E-state index in [9.17, 15) is 0 Å². The molecule has 0 bridgehead atoms. The summed E-state index contributed by atoms with van der Waals surface area (Å²) >= 11 is 1.47. The Hall–Kier alpha value is -0.680. The van der Waals surface area contributed by atoms with Gasteiger partial charge in [0.1, 0.15) is 5.82 Å². The van der Waals surface area contributed by atoms with Gasteiger partial charge in [-0.1, -0.05) is 13.8 Å². The topological polar surface area (TPSA) is 41.1 Å². The largest absolute Gasteiger partial charge is 0.355 e. The second kappa shape index (κ2) is 4.23. The zero-order valence-corrected chi connectivity index (χ0v) is 9.47. The second-order valence-corrected chi connectivity index (χ2v) is 4.31. The number of aryl methyl sites for hydroxylation is 1. The van der Waals surface area contributed by atoms with E-state index in [1.807, 2.05) is 0 Å². The Morgan fingerprint density at radius 3 is 2.86 bits per heavy atom. The number of hydrogen-bond donors (Lipinski definition) is 1. The van der Waals surface area contributed by atoms with Crippen LogP contribution in [0.1, 0.15) is 19.7 Å². The molecule has 0 amide bonds. The fourth-order valence-corrected chi connectivity index (χ4v) is 2.28. The summed E-state index contributed by atoms with van der Waals surface area (Å²) in [6.45, 7) is 7.69. The maximum absolute atomic E-state index is 4.38. The summed E-state index contributed by atoms with van der Waals surface area (Å²) in [4.78, 5) is 6.78. The van der Waals surface area contributed by atoms with Crippen LogP contribution in [-0.2, 0) is 6.42 Å². The van der Waals surface area contributed by atoms with Crippen molar-refractivity contribution in [2.45, 2.75) is 26.3 Å². The normalized spacial score (nSPS) is 18.1. The van der Waals surface area contributed by atoms with Gasteiger partial charge in [0, 0.05) is 31.0 Å². The summed E-state index contributed by atoms with van der Waals surface area (Å²) < 4.78 is 4.24. The number of rotatable bonds is 4.